The molecule has 0 bridgehead atoms. The normalized spacial score (nSPS) is 12.1. The predicted octanol–water partition coefficient (Wildman–Crippen LogP) is 5.56. The third-order valence-electron chi connectivity index (χ3n) is 6.45. The van der Waals surface area contributed by atoms with Crippen molar-refractivity contribution in [3.8, 4) is 23.5 Å². The molecule has 0 spiro atoms. The molecule has 0 unspecified atom stereocenters. The maximum Gasteiger partial charge on any atom is 0.333 e. The number of hydrogen-bond acceptors (Lipinski definition) is 4. The van der Waals surface area contributed by atoms with Crippen molar-refractivity contribution in [3.05, 3.63) is 70.1 Å². The van der Waals surface area contributed by atoms with E-state index >= 15 is 0 Å². The van der Waals surface area contributed by atoms with Crippen molar-refractivity contribution in [2.24, 2.45) is 5.92 Å². The molecule has 8 heteroatoms. The van der Waals surface area contributed by atoms with E-state index in [9.17, 15) is 17.1 Å². The number of terminal acetylenes is 1. The second kappa shape index (κ2) is 8.61. The second-order valence-corrected chi connectivity index (χ2v) is 10.6. The molecule has 0 fully saturated rings. The van der Waals surface area contributed by atoms with Crippen LogP contribution in [-0.4, -0.2) is 23.0 Å². The van der Waals surface area contributed by atoms with Gasteiger partial charge in [0.1, 0.15) is 10.5 Å². The van der Waals surface area contributed by atoms with Crippen LogP contribution < -0.4 is 5.43 Å². The summed E-state index contributed by atoms with van der Waals surface area (Å²) < 4.78 is 38.9. The third kappa shape index (κ3) is 3.86. The van der Waals surface area contributed by atoms with Crippen LogP contribution in [0.15, 0.2) is 58.5 Å². The average molecular weight is 502 g/mol. The zero-order valence-corrected chi connectivity index (χ0v) is 20.9. The van der Waals surface area contributed by atoms with E-state index in [1.807, 2.05) is 41.8 Å². The first-order valence-corrected chi connectivity index (χ1v) is 13.0. The predicted molar refractivity (Wildman–Crippen MR) is 141 cm³/mol. The van der Waals surface area contributed by atoms with Crippen molar-refractivity contribution in [1.29, 1.82) is 0 Å². The highest BCUT2D eigenvalue weighted by molar-refractivity contribution is 7.86. The molecule has 0 aliphatic heterocycles. The van der Waals surface area contributed by atoms with Gasteiger partial charge < -0.3 is 9.55 Å². The summed E-state index contributed by atoms with van der Waals surface area (Å²) in [5.74, 6) is 2.88. The Morgan fingerprint density at radius 2 is 1.92 bits per heavy atom. The van der Waals surface area contributed by atoms with Crippen LogP contribution in [-0.2, 0) is 23.2 Å². The van der Waals surface area contributed by atoms with Gasteiger partial charge in [-0.1, -0.05) is 25.8 Å². The summed E-state index contributed by atoms with van der Waals surface area (Å²) in [4.78, 5) is 20.7. The lowest BCUT2D eigenvalue weighted by atomic mass is 9.92. The fourth-order valence-electron chi connectivity index (χ4n) is 4.90. The fraction of sp³-hybridized carbons (Fsp3) is 0.214. The minimum absolute atomic E-state index is 0.0980. The highest BCUT2D eigenvalue weighted by Gasteiger charge is 2.20. The van der Waals surface area contributed by atoms with Gasteiger partial charge in [0.2, 0.25) is 0 Å². The van der Waals surface area contributed by atoms with Gasteiger partial charge in [-0.25, -0.2) is 0 Å². The molecule has 3 aromatic heterocycles. The third-order valence-corrected chi connectivity index (χ3v) is 7.24. The molecule has 6 nitrogen and oxygen atoms in total. The van der Waals surface area contributed by atoms with E-state index in [1.165, 1.54) is 12.3 Å². The van der Waals surface area contributed by atoms with Gasteiger partial charge in [0, 0.05) is 46.4 Å². The highest BCUT2D eigenvalue weighted by Crippen LogP contribution is 2.33. The van der Waals surface area contributed by atoms with Crippen LogP contribution in [0.3, 0.4) is 0 Å². The van der Waals surface area contributed by atoms with Crippen molar-refractivity contribution >= 4 is 43.1 Å². The minimum Gasteiger partial charge on any atom is -0.340 e. The molecule has 0 amide bonds. The van der Waals surface area contributed by atoms with Crippen LogP contribution in [0, 0.1) is 18.3 Å². The van der Waals surface area contributed by atoms with Crippen LogP contribution in [0.4, 0.5) is 3.89 Å². The Bertz CT molecular complexity index is 1890. The number of hydrogen-bond donors (Lipinski definition) is 1. The Balaban J connectivity index is 1.91. The summed E-state index contributed by atoms with van der Waals surface area (Å²) in [7, 11) is -4.92. The number of nitrogens with one attached hydrogen (secondary N) is 1. The zero-order valence-electron chi connectivity index (χ0n) is 20.1. The number of pyridine rings is 2. The topological polar surface area (TPSA) is 84.8 Å². The maximum absolute atomic E-state index is 13.8. The molecule has 3 heterocycles. The molecular weight excluding hydrogens is 477 g/mol. The SMILES string of the molecule is C#Cc1ccc2c(c1)[nH]c1c2c(=O)c2cc(CC(C)C)c(-c3cncc(S(=O)(=O)F)c3)cc2n1CC. The lowest BCUT2D eigenvalue weighted by Gasteiger charge is -2.17. The van der Waals surface area contributed by atoms with Gasteiger partial charge in [0.05, 0.1) is 10.9 Å². The Morgan fingerprint density at radius 3 is 2.58 bits per heavy atom. The van der Waals surface area contributed by atoms with Crippen molar-refractivity contribution in [3.63, 3.8) is 0 Å². The van der Waals surface area contributed by atoms with E-state index < -0.39 is 15.1 Å². The van der Waals surface area contributed by atoms with E-state index in [0.717, 1.165) is 22.7 Å². The molecule has 5 rings (SSSR count). The quantitative estimate of drug-likeness (QED) is 0.253. The number of rotatable bonds is 5. The van der Waals surface area contributed by atoms with Crippen molar-refractivity contribution in [1.82, 2.24) is 14.5 Å². The summed E-state index contributed by atoms with van der Waals surface area (Å²) in [6.45, 7) is 6.68. The van der Waals surface area contributed by atoms with Crippen LogP contribution in [0.25, 0.3) is 44.0 Å². The largest absolute Gasteiger partial charge is 0.340 e. The Labute approximate surface area is 208 Å². The minimum atomic E-state index is -4.92. The number of nitrogens with zero attached hydrogens (tertiary/aromatic N) is 2. The lowest BCUT2D eigenvalue weighted by Crippen LogP contribution is -2.12. The average Bonchev–Trinajstić information content (AvgIpc) is 3.22. The van der Waals surface area contributed by atoms with Gasteiger partial charge in [-0.3, -0.25) is 9.78 Å². The molecule has 182 valence electrons. The summed E-state index contributed by atoms with van der Waals surface area (Å²) in [6, 6.07) is 10.6. The van der Waals surface area contributed by atoms with Crippen LogP contribution in [0.1, 0.15) is 31.9 Å². The second-order valence-electron chi connectivity index (χ2n) is 9.30. The van der Waals surface area contributed by atoms with Crippen LogP contribution in [0.2, 0.25) is 0 Å². The van der Waals surface area contributed by atoms with Gasteiger partial charge >= 0.3 is 10.2 Å². The van der Waals surface area contributed by atoms with E-state index in [4.69, 9.17) is 6.42 Å². The molecule has 36 heavy (non-hydrogen) atoms. The number of H-pyrrole nitrogens is 1. The van der Waals surface area contributed by atoms with Gasteiger partial charge in [0.15, 0.2) is 5.43 Å². The Kier molecular flexibility index (Phi) is 5.68. The highest BCUT2D eigenvalue weighted by atomic mass is 32.3. The number of benzene rings is 2. The monoisotopic (exact) mass is 501 g/mol. The first-order valence-electron chi connectivity index (χ1n) is 11.6. The van der Waals surface area contributed by atoms with Crippen molar-refractivity contribution < 1.29 is 12.3 Å². The maximum atomic E-state index is 13.8. The van der Waals surface area contributed by atoms with Gasteiger partial charge in [-0.2, -0.15) is 8.42 Å². The fourth-order valence-corrected chi connectivity index (χ4v) is 5.36. The van der Waals surface area contributed by atoms with Gasteiger partial charge in [-0.15, -0.1) is 10.3 Å². The lowest BCUT2D eigenvalue weighted by molar-refractivity contribution is 0.551. The number of fused-ring (bicyclic) bond motifs is 4. The Hall–Kier alpha value is -3.96. The van der Waals surface area contributed by atoms with E-state index in [-0.39, 0.29) is 11.3 Å². The van der Waals surface area contributed by atoms with Crippen LogP contribution >= 0.6 is 0 Å². The van der Waals surface area contributed by atoms with Gasteiger partial charge in [0.25, 0.3) is 0 Å². The molecule has 0 radical (unpaired) electrons. The summed E-state index contributed by atoms with van der Waals surface area (Å²) in [5.41, 5.74) is 4.81. The van der Waals surface area contributed by atoms with E-state index in [0.29, 0.717) is 51.6 Å². The zero-order chi connectivity index (χ0) is 25.8. The molecule has 0 saturated heterocycles. The number of halogens is 1. The summed E-state index contributed by atoms with van der Waals surface area (Å²) in [6.07, 6.45) is 8.71. The van der Waals surface area contributed by atoms with Crippen molar-refractivity contribution in [2.45, 2.75) is 38.6 Å². The molecule has 0 aliphatic carbocycles. The first-order chi connectivity index (χ1) is 17.1. The first kappa shape index (κ1) is 23.8. The molecule has 0 aliphatic rings. The molecule has 2 aromatic carbocycles. The van der Waals surface area contributed by atoms with Crippen molar-refractivity contribution in [2.75, 3.05) is 0 Å². The number of aromatic amines is 1. The molecule has 0 saturated carbocycles. The summed E-state index contributed by atoms with van der Waals surface area (Å²) >= 11 is 0. The van der Waals surface area contributed by atoms with Crippen LogP contribution in [0.5, 0.6) is 0 Å². The van der Waals surface area contributed by atoms with E-state index in [1.54, 1.807) is 0 Å². The smallest absolute Gasteiger partial charge is 0.333 e. The summed E-state index contributed by atoms with van der Waals surface area (Å²) in [5, 5.41) is 1.96. The molecule has 0 atom stereocenters. The number of aromatic nitrogens is 3. The molecular formula is C28H24FN3O3S. The molecule has 1 N–H and O–H groups in total. The Morgan fingerprint density at radius 1 is 1.14 bits per heavy atom. The van der Waals surface area contributed by atoms with Gasteiger partial charge in [-0.05, 0) is 60.7 Å². The van der Waals surface area contributed by atoms with E-state index in [2.05, 4.69) is 29.7 Å². The molecule has 5 aromatic rings. The number of aryl methyl sites for hydroxylation is 1. The standard InChI is InChI=1S/C28H24FN3O3S/c1-5-17-7-8-21-24(10-17)31-28-26(21)27(33)23-12-18(9-16(3)4)22(13-25(23)32(28)6-2)19-11-20(15-30-14-19)36(29,34)35/h1,7-8,10-16,31H,6,9H2,2-4H3.